The number of nitrogens with zero attached hydrogens (tertiary/aromatic N) is 3. The van der Waals surface area contributed by atoms with Crippen LogP contribution in [-0.4, -0.2) is 73.1 Å². The lowest BCUT2D eigenvalue weighted by atomic mass is 10.2. The summed E-state index contributed by atoms with van der Waals surface area (Å²) in [6.45, 7) is 8.21. The first-order chi connectivity index (χ1) is 12.3. The van der Waals surface area contributed by atoms with Gasteiger partial charge in [-0.1, -0.05) is 31.5 Å². The maximum atomic E-state index is 12.6. The van der Waals surface area contributed by atoms with Crippen LogP contribution in [0.25, 0.3) is 0 Å². The first kappa shape index (κ1) is 21.1. The normalized spacial score (nSPS) is 18.0. The Morgan fingerprint density at radius 2 is 1.85 bits per heavy atom. The lowest BCUT2D eigenvalue weighted by Crippen LogP contribution is -2.56. The Hall–Kier alpha value is -1.19. The molecule has 1 aliphatic heterocycles. The number of benzene rings is 1. The molecule has 1 aromatic carbocycles. The van der Waals surface area contributed by atoms with Crippen molar-refractivity contribution in [3.63, 3.8) is 0 Å². The Kier molecular flexibility index (Phi) is 7.42. The molecule has 0 bridgehead atoms. The van der Waals surface area contributed by atoms with Crippen molar-refractivity contribution < 1.29 is 13.2 Å². The van der Waals surface area contributed by atoms with Crippen molar-refractivity contribution in [1.29, 1.82) is 0 Å². The van der Waals surface area contributed by atoms with Crippen molar-refractivity contribution in [1.82, 2.24) is 13.5 Å². The van der Waals surface area contributed by atoms with E-state index in [1.807, 2.05) is 25.7 Å². The van der Waals surface area contributed by atoms with Gasteiger partial charge < -0.3 is 5.32 Å². The summed E-state index contributed by atoms with van der Waals surface area (Å²) >= 11 is 5.94. The second-order valence-electron chi connectivity index (χ2n) is 6.20. The van der Waals surface area contributed by atoms with Crippen LogP contribution in [0.1, 0.15) is 20.8 Å². The molecule has 7 nitrogen and oxygen atoms in total. The predicted molar refractivity (Wildman–Crippen MR) is 105 cm³/mol. The topological polar surface area (TPSA) is 73.0 Å². The minimum absolute atomic E-state index is 0.132. The molecule has 0 saturated carbocycles. The molecule has 1 saturated heterocycles. The Morgan fingerprint density at radius 3 is 2.38 bits per heavy atom. The van der Waals surface area contributed by atoms with Gasteiger partial charge in [0.05, 0.1) is 6.04 Å². The standard InChI is InChI=1S/C17H27ClN4O3S/c1-4-21(5-2)26(24,25)22-11-9-20(10-12-22)14(3)17(23)19-16-8-6-7-15(18)13-16/h6-8,13-14H,4-5,9-12H2,1-3H3,(H,19,23). The van der Waals surface area contributed by atoms with Crippen LogP contribution in [0.3, 0.4) is 0 Å². The number of nitrogens with one attached hydrogen (secondary N) is 1. The molecule has 1 aliphatic rings. The van der Waals surface area contributed by atoms with Crippen LogP contribution in [0, 0.1) is 0 Å². The van der Waals surface area contributed by atoms with Gasteiger partial charge in [0, 0.05) is 50.0 Å². The van der Waals surface area contributed by atoms with E-state index in [0.717, 1.165) is 0 Å². The third kappa shape index (κ3) is 4.95. The second kappa shape index (κ2) is 9.14. The molecule has 1 aromatic rings. The highest BCUT2D eigenvalue weighted by molar-refractivity contribution is 7.86. The number of carbonyl (C=O) groups is 1. The average molecular weight is 403 g/mol. The number of amides is 1. The summed E-state index contributed by atoms with van der Waals surface area (Å²) in [4.78, 5) is 14.5. The fourth-order valence-corrected chi connectivity index (χ4v) is 4.81. The van der Waals surface area contributed by atoms with E-state index >= 15 is 0 Å². The Labute approximate surface area is 161 Å². The fourth-order valence-electron chi connectivity index (χ4n) is 3.01. The molecular formula is C17H27ClN4O3S. The number of rotatable bonds is 7. The van der Waals surface area contributed by atoms with E-state index in [4.69, 9.17) is 11.6 Å². The molecule has 0 aliphatic carbocycles. The first-order valence-electron chi connectivity index (χ1n) is 8.85. The zero-order valence-electron chi connectivity index (χ0n) is 15.5. The van der Waals surface area contributed by atoms with Gasteiger partial charge in [-0.3, -0.25) is 9.69 Å². The van der Waals surface area contributed by atoms with Crippen LogP contribution >= 0.6 is 11.6 Å². The summed E-state index contributed by atoms with van der Waals surface area (Å²) in [5.41, 5.74) is 0.650. The van der Waals surface area contributed by atoms with Crippen molar-refractivity contribution >= 4 is 33.4 Å². The maximum absolute atomic E-state index is 12.6. The van der Waals surface area contributed by atoms with Crippen molar-refractivity contribution in [3.05, 3.63) is 29.3 Å². The van der Waals surface area contributed by atoms with Crippen LogP contribution in [0.15, 0.2) is 24.3 Å². The largest absolute Gasteiger partial charge is 0.325 e. The van der Waals surface area contributed by atoms with Crippen LogP contribution in [0.2, 0.25) is 5.02 Å². The summed E-state index contributed by atoms with van der Waals surface area (Å²) in [6.07, 6.45) is 0. The molecule has 1 amide bonds. The quantitative estimate of drug-likeness (QED) is 0.755. The summed E-state index contributed by atoms with van der Waals surface area (Å²) in [5, 5.41) is 3.41. The van der Waals surface area contributed by atoms with Crippen molar-refractivity contribution in [2.45, 2.75) is 26.8 Å². The molecule has 9 heteroatoms. The first-order valence-corrected chi connectivity index (χ1v) is 10.6. The molecule has 0 radical (unpaired) electrons. The van der Waals surface area contributed by atoms with E-state index in [-0.39, 0.29) is 11.9 Å². The molecular weight excluding hydrogens is 376 g/mol. The van der Waals surface area contributed by atoms with Crippen LogP contribution in [-0.2, 0) is 15.0 Å². The molecule has 0 spiro atoms. The van der Waals surface area contributed by atoms with E-state index in [0.29, 0.717) is 50.0 Å². The summed E-state index contributed by atoms with van der Waals surface area (Å²) in [5.74, 6) is -0.132. The van der Waals surface area contributed by atoms with Gasteiger partial charge in [0.25, 0.3) is 10.2 Å². The Morgan fingerprint density at radius 1 is 1.23 bits per heavy atom. The van der Waals surface area contributed by atoms with Crippen LogP contribution in [0.4, 0.5) is 5.69 Å². The second-order valence-corrected chi connectivity index (χ2v) is 8.57. The highest BCUT2D eigenvalue weighted by Crippen LogP contribution is 2.17. The number of halogens is 1. The third-order valence-electron chi connectivity index (χ3n) is 4.65. The summed E-state index contributed by atoms with van der Waals surface area (Å²) in [6, 6.07) is 6.65. The van der Waals surface area contributed by atoms with Gasteiger partial charge in [0.2, 0.25) is 5.91 Å². The Bertz CT molecular complexity index is 716. The van der Waals surface area contributed by atoms with E-state index < -0.39 is 10.2 Å². The Balaban J connectivity index is 1.93. The van der Waals surface area contributed by atoms with Gasteiger partial charge in [-0.2, -0.15) is 17.0 Å². The van der Waals surface area contributed by atoms with Gasteiger partial charge in [-0.05, 0) is 25.1 Å². The summed E-state index contributed by atoms with van der Waals surface area (Å²) < 4.78 is 28.1. The highest BCUT2D eigenvalue weighted by atomic mass is 35.5. The minimum atomic E-state index is -3.42. The number of piperazine rings is 1. The van der Waals surface area contributed by atoms with Crippen LogP contribution < -0.4 is 5.32 Å². The fraction of sp³-hybridized carbons (Fsp3) is 0.588. The molecule has 2 rings (SSSR count). The van der Waals surface area contributed by atoms with E-state index in [1.54, 1.807) is 24.3 Å². The van der Waals surface area contributed by atoms with Gasteiger partial charge in [-0.25, -0.2) is 0 Å². The van der Waals surface area contributed by atoms with Crippen molar-refractivity contribution in [2.75, 3.05) is 44.6 Å². The molecule has 1 heterocycles. The summed E-state index contributed by atoms with van der Waals surface area (Å²) in [7, 11) is -3.42. The monoisotopic (exact) mass is 402 g/mol. The zero-order valence-corrected chi connectivity index (χ0v) is 17.1. The third-order valence-corrected chi connectivity index (χ3v) is 7.07. The lowest BCUT2D eigenvalue weighted by molar-refractivity contribution is -0.121. The van der Waals surface area contributed by atoms with E-state index in [9.17, 15) is 13.2 Å². The van der Waals surface area contributed by atoms with E-state index in [1.165, 1.54) is 8.61 Å². The number of anilines is 1. The number of carbonyl (C=O) groups excluding carboxylic acids is 1. The predicted octanol–water partition coefficient (Wildman–Crippen LogP) is 1.87. The SMILES string of the molecule is CCN(CC)S(=O)(=O)N1CCN(C(C)C(=O)Nc2cccc(Cl)c2)CC1. The average Bonchev–Trinajstić information content (AvgIpc) is 2.62. The van der Waals surface area contributed by atoms with Gasteiger partial charge in [0.1, 0.15) is 0 Å². The highest BCUT2D eigenvalue weighted by Gasteiger charge is 2.33. The smallest absolute Gasteiger partial charge is 0.282 e. The number of hydrogen-bond acceptors (Lipinski definition) is 4. The number of hydrogen-bond donors (Lipinski definition) is 1. The van der Waals surface area contributed by atoms with Gasteiger partial charge in [-0.15, -0.1) is 0 Å². The molecule has 1 fully saturated rings. The molecule has 26 heavy (non-hydrogen) atoms. The van der Waals surface area contributed by atoms with Crippen molar-refractivity contribution in [3.8, 4) is 0 Å². The van der Waals surface area contributed by atoms with Crippen molar-refractivity contribution in [2.24, 2.45) is 0 Å². The minimum Gasteiger partial charge on any atom is -0.325 e. The van der Waals surface area contributed by atoms with Crippen LogP contribution in [0.5, 0.6) is 0 Å². The molecule has 146 valence electrons. The molecule has 0 aromatic heterocycles. The molecule has 1 N–H and O–H groups in total. The molecule has 1 atom stereocenters. The molecule has 1 unspecified atom stereocenters. The van der Waals surface area contributed by atoms with Gasteiger partial charge >= 0.3 is 0 Å². The van der Waals surface area contributed by atoms with E-state index in [2.05, 4.69) is 5.32 Å². The lowest BCUT2D eigenvalue weighted by Gasteiger charge is -2.38. The van der Waals surface area contributed by atoms with Gasteiger partial charge in [0.15, 0.2) is 0 Å². The maximum Gasteiger partial charge on any atom is 0.282 e. The zero-order chi connectivity index (χ0) is 19.3.